The first-order valence-corrected chi connectivity index (χ1v) is 7.52. The number of aromatic nitrogens is 1. The maximum Gasteiger partial charge on any atom is 0.343 e. The molecule has 0 saturated heterocycles. The van der Waals surface area contributed by atoms with Gasteiger partial charge in [-0.05, 0) is 42.8 Å². The number of hydrogen-bond acceptors (Lipinski definition) is 3. The molecule has 114 valence electrons. The topological polar surface area (TPSA) is 39.2 Å². The number of rotatable bonds is 3. The number of aryl methyl sites for hydroxylation is 1. The average molecular weight is 324 g/mol. The number of ether oxygens (including phenoxy) is 1. The quantitative estimate of drug-likeness (QED) is 0.507. The molecule has 0 N–H and O–H groups in total. The fourth-order valence-electron chi connectivity index (χ4n) is 2.28. The summed E-state index contributed by atoms with van der Waals surface area (Å²) in [6.07, 6.45) is 1.71. The molecule has 0 amide bonds. The number of pyridine rings is 1. The van der Waals surface area contributed by atoms with Gasteiger partial charge in [0, 0.05) is 22.8 Å². The highest BCUT2D eigenvalue weighted by atomic mass is 35.5. The molecule has 1 heterocycles. The summed E-state index contributed by atoms with van der Waals surface area (Å²) in [6, 6.07) is 17.9. The maximum absolute atomic E-state index is 12.3. The Morgan fingerprint density at radius 1 is 1.04 bits per heavy atom. The molecule has 0 aliphatic carbocycles. The van der Waals surface area contributed by atoms with E-state index < -0.39 is 5.97 Å². The van der Waals surface area contributed by atoms with E-state index in [0.29, 0.717) is 16.3 Å². The van der Waals surface area contributed by atoms with E-state index in [1.807, 2.05) is 31.2 Å². The molecule has 0 bridgehead atoms. The highest BCUT2D eigenvalue weighted by molar-refractivity contribution is 6.30. The first kappa shape index (κ1) is 15.3. The molecule has 0 aliphatic heterocycles. The van der Waals surface area contributed by atoms with Crippen LogP contribution in [-0.4, -0.2) is 11.0 Å². The highest BCUT2D eigenvalue weighted by Gasteiger charge is 2.15. The standard InChI is InChI=1S/C19H14ClNO2/c1-13-6-5-11-21-18(13)16-10-9-15(20)12-17(16)23-19(22)14-7-3-2-4-8-14/h2-12H,1H3. The van der Waals surface area contributed by atoms with Gasteiger partial charge in [0.05, 0.1) is 11.3 Å². The van der Waals surface area contributed by atoms with Crippen molar-refractivity contribution in [2.75, 3.05) is 0 Å². The van der Waals surface area contributed by atoms with Crippen molar-refractivity contribution in [3.05, 3.63) is 83.0 Å². The zero-order valence-corrected chi connectivity index (χ0v) is 13.2. The fourth-order valence-corrected chi connectivity index (χ4v) is 2.44. The summed E-state index contributed by atoms with van der Waals surface area (Å²) < 4.78 is 5.56. The Morgan fingerprint density at radius 2 is 1.83 bits per heavy atom. The van der Waals surface area contributed by atoms with E-state index in [0.717, 1.165) is 16.8 Å². The Hall–Kier alpha value is -2.65. The second-order valence-corrected chi connectivity index (χ2v) is 5.50. The molecule has 0 saturated carbocycles. The Bertz CT molecular complexity index is 847. The van der Waals surface area contributed by atoms with E-state index in [9.17, 15) is 4.79 Å². The minimum Gasteiger partial charge on any atom is -0.422 e. The van der Waals surface area contributed by atoms with Gasteiger partial charge in [-0.2, -0.15) is 0 Å². The van der Waals surface area contributed by atoms with E-state index in [1.54, 1.807) is 42.6 Å². The first-order valence-electron chi connectivity index (χ1n) is 7.14. The zero-order chi connectivity index (χ0) is 16.2. The monoisotopic (exact) mass is 323 g/mol. The lowest BCUT2D eigenvalue weighted by Gasteiger charge is -2.12. The van der Waals surface area contributed by atoms with Crippen LogP contribution < -0.4 is 4.74 Å². The molecule has 23 heavy (non-hydrogen) atoms. The molecule has 0 fully saturated rings. The van der Waals surface area contributed by atoms with Gasteiger partial charge in [-0.15, -0.1) is 0 Å². The Kier molecular flexibility index (Phi) is 4.40. The Labute approximate surface area is 139 Å². The van der Waals surface area contributed by atoms with E-state index in [-0.39, 0.29) is 0 Å². The van der Waals surface area contributed by atoms with Crippen molar-refractivity contribution in [2.24, 2.45) is 0 Å². The second kappa shape index (κ2) is 6.63. The van der Waals surface area contributed by atoms with Gasteiger partial charge in [-0.25, -0.2) is 4.79 Å². The van der Waals surface area contributed by atoms with Crippen LogP contribution in [0.2, 0.25) is 5.02 Å². The fraction of sp³-hybridized carbons (Fsp3) is 0.0526. The van der Waals surface area contributed by atoms with Crippen LogP contribution in [0.1, 0.15) is 15.9 Å². The molecule has 0 radical (unpaired) electrons. The van der Waals surface area contributed by atoms with Crippen LogP contribution in [0.3, 0.4) is 0 Å². The average Bonchev–Trinajstić information content (AvgIpc) is 2.57. The van der Waals surface area contributed by atoms with Gasteiger partial charge in [-0.3, -0.25) is 4.98 Å². The molecule has 0 aliphatic rings. The van der Waals surface area contributed by atoms with Gasteiger partial charge in [-0.1, -0.05) is 35.9 Å². The molecule has 2 aromatic carbocycles. The van der Waals surface area contributed by atoms with Gasteiger partial charge in [0.2, 0.25) is 0 Å². The number of nitrogens with zero attached hydrogens (tertiary/aromatic N) is 1. The summed E-state index contributed by atoms with van der Waals surface area (Å²) in [7, 11) is 0. The number of halogens is 1. The molecule has 0 spiro atoms. The minimum atomic E-state index is -0.428. The summed E-state index contributed by atoms with van der Waals surface area (Å²) >= 11 is 6.06. The number of hydrogen-bond donors (Lipinski definition) is 0. The lowest BCUT2D eigenvalue weighted by atomic mass is 10.1. The summed E-state index contributed by atoms with van der Waals surface area (Å²) in [6.45, 7) is 1.96. The molecule has 0 atom stereocenters. The Morgan fingerprint density at radius 3 is 2.57 bits per heavy atom. The third-order valence-corrected chi connectivity index (χ3v) is 3.66. The van der Waals surface area contributed by atoms with Crippen LogP contribution in [-0.2, 0) is 0 Å². The van der Waals surface area contributed by atoms with Crippen molar-refractivity contribution >= 4 is 17.6 Å². The van der Waals surface area contributed by atoms with Gasteiger partial charge in [0.15, 0.2) is 0 Å². The Balaban J connectivity index is 2.01. The molecule has 3 nitrogen and oxygen atoms in total. The summed E-state index contributed by atoms with van der Waals surface area (Å²) in [4.78, 5) is 16.7. The van der Waals surface area contributed by atoms with Crippen molar-refractivity contribution in [3.63, 3.8) is 0 Å². The molecule has 1 aromatic heterocycles. The molecule has 3 aromatic rings. The van der Waals surface area contributed by atoms with E-state index in [4.69, 9.17) is 16.3 Å². The number of benzene rings is 2. The zero-order valence-electron chi connectivity index (χ0n) is 12.5. The van der Waals surface area contributed by atoms with E-state index in [2.05, 4.69) is 4.98 Å². The van der Waals surface area contributed by atoms with Gasteiger partial charge in [0.25, 0.3) is 0 Å². The summed E-state index contributed by atoms with van der Waals surface area (Å²) in [5.74, 6) is -0.0316. The maximum atomic E-state index is 12.3. The second-order valence-electron chi connectivity index (χ2n) is 5.06. The van der Waals surface area contributed by atoms with Crippen LogP contribution in [0, 0.1) is 6.92 Å². The van der Waals surface area contributed by atoms with E-state index in [1.165, 1.54) is 0 Å². The summed E-state index contributed by atoms with van der Waals surface area (Å²) in [5, 5.41) is 0.498. The predicted octanol–water partition coefficient (Wildman–Crippen LogP) is 4.93. The van der Waals surface area contributed by atoms with Crippen LogP contribution in [0.5, 0.6) is 5.75 Å². The van der Waals surface area contributed by atoms with Crippen molar-refractivity contribution in [1.29, 1.82) is 0 Å². The molecule has 0 unspecified atom stereocenters. The molecular weight excluding hydrogens is 310 g/mol. The van der Waals surface area contributed by atoms with Crippen molar-refractivity contribution in [2.45, 2.75) is 6.92 Å². The van der Waals surface area contributed by atoms with Crippen molar-refractivity contribution in [3.8, 4) is 17.0 Å². The van der Waals surface area contributed by atoms with Crippen LogP contribution >= 0.6 is 11.6 Å². The van der Waals surface area contributed by atoms with Crippen molar-refractivity contribution in [1.82, 2.24) is 4.98 Å². The van der Waals surface area contributed by atoms with Gasteiger partial charge in [0.1, 0.15) is 5.75 Å². The molecule has 3 rings (SSSR count). The lowest BCUT2D eigenvalue weighted by Crippen LogP contribution is -2.09. The van der Waals surface area contributed by atoms with Gasteiger partial charge < -0.3 is 4.74 Å². The lowest BCUT2D eigenvalue weighted by molar-refractivity contribution is 0.0735. The number of carbonyl (C=O) groups excluding carboxylic acids is 1. The predicted molar refractivity (Wildman–Crippen MR) is 90.8 cm³/mol. The van der Waals surface area contributed by atoms with Crippen molar-refractivity contribution < 1.29 is 9.53 Å². The summed E-state index contributed by atoms with van der Waals surface area (Å²) in [5.41, 5.74) is 2.97. The normalized spacial score (nSPS) is 10.3. The SMILES string of the molecule is Cc1cccnc1-c1ccc(Cl)cc1OC(=O)c1ccccc1. The first-order chi connectivity index (χ1) is 11.1. The van der Waals surface area contributed by atoms with Crippen LogP contribution in [0.25, 0.3) is 11.3 Å². The smallest absolute Gasteiger partial charge is 0.343 e. The number of esters is 1. The van der Waals surface area contributed by atoms with Crippen LogP contribution in [0.15, 0.2) is 66.9 Å². The highest BCUT2D eigenvalue weighted by Crippen LogP contribution is 2.33. The molecule has 4 heteroatoms. The van der Waals surface area contributed by atoms with Gasteiger partial charge >= 0.3 is 5.97 Å². The third-order valence-electron chi connectivity index (χ3n) is 3.42. The largest absolute Gasteiger partial charge is 0.422 e. The molecular formula is C19H14ClNO2. The third kappa shape index (κ3) is 3.41. The van der Waals surface area contributed by atoms with Crippen LogP contribution in [0.4, 0.5) is 0 Å². The number of carbonyl (C=O) groups is 1. The van der Waals surface area contributed by atoms with E-state index >= 15 is 0 Å². The minimum absolute atomic E-state index is 0.396.